The van der Waals surface area contributed by atoms with Gasteiger partial charge >= 0.3 is 0 Å². The van der Waals surface area contributed by atoms with E-state index in [9.17, 15) is 0 Å². The molecular weight excluding hydrogens is 210 g/mol. The molecular formula is C14H23N3. The topological polar surface area (TPSA) is 29.9 Å². The van der Waals surface area contributed by atoms with Gasteiger partial charge in [0.25, 0.3) is 0 Å². The summed E-state index contributed by atoms with van der Waals surface area (Å²) in [5.41, 5.74) is 1.96. The third-order valence-electron chi connectivity index (χ3n) is 4.76. The maximum absolute atomic E-state index is 4.36. The smallest absolute Gasteiger partial charge is 0.0948 e. The van der Waals surface area contributed by atoms with Gasteiger partial charge in [-0.1, -0.05) is 13.8 Å². The zero-order valence-corrected chi connectivity index (χ0v) is 10.9. The molecule has 2 aliphatic rings. The zero-order valence-electron chi connectivity index (χ0n) is 10.9. The van der Waals surface area contributed by atoms with Crippen LogP contribution in [0.2, 0.25) is 0 Å². The first-order chi connectivity index (χ1) is 8.21. The van der Waals surface area contributed by atoms with Gasteiger partial charge in [-0.05, 0) is 43.6 Å². The van der Waals surface area contributed by atoms with Crippen molar-refractivity contribution < 1.29 is 0 Å². The lowest BCUT2D eigenvalue weighted by atomic mass is 9.92. The fourth-order valence-electron chi connectivity index (χ4n) is 3.11. The highest BCUT2D eigenvalue weighted by molar-refractivity contribution is 5.09. The van der Waals surface area contributed by atoms with Gasteiger partial charge in [0.15, 0.2) is 0 Å². The van der Waals surface area contributed by atoms with E-state index < -0.39 is 0 Å². The second-order valence-corrected chi connectivity index (χ2v) is 6.11. The molecule has 1 aliphatic heterocycles. The number of aromatic nitrogens is 2. The van der Waals surface area contributed by atoms with Crippen molar-refractivity contribution in [1.82, 2.24) is 14.9 Å². The van der Waals surface area contributed by atoms with E-state index in [4.69, 9.17) is 0 Å². The van der Waals surface area contributed by atoms with Gasteiger partial charge in [-0.3, -0.25) is 0 Å². The lowest BCUT2D eigenvalue weighted by molar-refractivity contribution is 0.302. The fourth-order valence-corrected chi connectivity index (χ4v) is 3.11. The molecule has 1 atom stereocenters. The van der Waals surface area contributed by atoms with Crippen molar-refractivity contribution in [3.05, 3.63) is 18.2 Å². The summed E-state index contributed by atoms with van der Waals surface area (Å²) in [4.78, 5) is 4.36. The highest BCUT2D eigenvalue weighted by Crippen LogP contribution is 2.53. The molecule has 0 spiro atoms. The summed E-state index contributed by atoms with van der Waals surface area (Å²) in [5, 5.41) is 3.57. The first-order valence-electron chi connectivity index (χ1n) is 6.95. The van der Waals surface area contributed by atoms with Crippen LogP contribution in [0, 0.1) is 11.3 Å². The van der Waals surface area contributed by atoms with Crippen LogP contribution in [0.3, 0.4) is 0 Å². The predicted octanol–water partition coefficient (Wildman–Crippen LogP) is 2.74. The average Bonchev–Trinajstić information content (AvgIpc) is 2.75. The number of hydrogen-bond donors (Lipinski definition) is 1. The molecule has 1 saturated heterocycles. The zero-order chi connectivity index (χ0) is 11.9. The summed E-state index contributed by atoms with van der Waals surface area (Å²) in [7, 11) is 0. The SMILES string of the molecule is CC(C)C1(Cn2cncc2[C@@H]2CCCN2)CC1. The van der Waals surface area contributed by atoms with Crippen LogP contribution in [0.15, 0.2) is 12.5 Å². The van der Waals surface area contributed by atoms with E-state index >= 15 is 0 Å². The van der Waals surface area contributed by atoms with Gasteiger partial charge in [0, 0.05) is 18.8 Å². The third-order valence-corrected chi connectivity index (χ3v) is 4.76. The molecule has 3 heteroatoms. The van der Waals surface area contributed by atoms with Crippen LogP contribution in [0.25, 0.3) is 0 Å². The van der Waals surface area contributed by atoms with Crippen molar-refractivity contribution in [3.63, 3.8) is 0 Å². The predicted molar refractivity (Wildman–Crippen MR) is 68.7 cm³/mol. The van der Waals surface area contributed by atoms with Gasteiger partial charge in [0.2, 0.25) is 0 Å². The Morgan fingerprint density at radius 3 is 2.94 bits per heavy atom. The molecule has 0 radical (unpaired) electrons. The van der Waals surface area contributed by atoms with E-state index in [1.54, 1.807) is 0 Å². The van der Waals surface area contributed by atoms with Crippen molar-refractivity contribution in [1.29, 1.82) is 0 Å². The van der Waals surface area contributed by atoms with Crippen LogP contribution in [-0.2, 0) is 6.54 Å². The Kier molecular flexibility index (Phi) is 2.74. The molecule has 1 aromatic rings. The second kappa shape index (κ2) is 4.13. The van der Waals surface area contributed by atoms with Gasteiger partial charge < -0.3 is 9.88 Å². The van der Waals surface area contributed by atoms with Crippen molar-refractivity contribution in [3.8, 4) is 0 Å². The lowest BCUT2D eigenvalue weighted by Gasteiger charge is -2.23. The Bertz CT molecular complexity index is 384. The van der Waals surface area contributed by atoms with E-state index in [-0.39, 0.29) is 0 Å². The molecule has 3 rings (SSSR count). The first-order valence-corrected chi connectivity index (χ1v) is 6.95. The minimum atomic E-state index is 0.542. The van der Waals surface area contributed by atoms with Crippen molar-refractivity contribution in [2.75, 3.05) is 6.54 Å². The van der Waals surface area contributed by atoms with Gasteiger partial charge in [0.05, 0.1) is 12.0 Å². The molecule has 1 aliphatic carbocycles. The monoisotopic (exact) mass is 233 g/mol. The maximum Gasteiger partial charge on any atom is 0.0948 e. The summed E-state index contributed by atoms with van der Waals surface area (Å²) in [5.74, 6) is 0.786. The molecule has 0 unspecified atom stereocenters. The molecule has 1 N–H and O–H groups in total. The lowest BCUT2D eigenvalue weighted by Crippen LogP contribution is -2.22. The van der Waals surface area contributed by atoms with Crippen LogP contribution in [-0.4, -0.2) is 16.1 Å². The summed E-state index contributed by atoms with van der Waals surface area (Å²) < 4.78 is 2.40. The Morgan fingerprint density at radius 1 is 1.53 bits per heavy atom. The minimum absolute atomic E-state index is 0.542. The van der Waals surface area contributed by atoms with E-state index in [2.05, 4.69) is 34.9 Å². The molecule has 2 fully saturated rings. The largest absolute Gasteiger partial charge is 0.333 e. The standard InChI is InChI=1S/C14H23N3/c1-11(2)14(5-6-14)9-17-10-15-8-13(17)12-4-3-7-16-12/h8,10-12,16H,3-7,9H2,1-2H3/t12-/m0/s1. The Labute approximate surface area is 104 Å². The van der Waals surface area contributed by atoms with Crippen LogP contribution in [0.4, 0.5) is 0 Å². The Balaban J connectivity index is 1.77. The molecule has 0 aromatic carbocycles. The third kappa shape index (κ3) is 2.01. The minimum Gasteiger partial charge on any atom is -0.333 e. The first kappa shape index (κ1) is 11.3. The second-order valence-electron chi connectivity index (χ2n) is 6.11. The molecule has 1 aromatic heterocycles. The van der Waals surface area contributed by atoms with Gasteiger partial charge in [-0.25, -0.2) is 4.98 Å². The van der Waals surface area contributed by atoms with E-state index in [0.717, 1.165) is 19.0 Å². The van der Waals surface area contributed by atoms with Crippen LogP contribution in [0.5, 0.6) is 0 Å². The van der Waals surface area contributed by atoms with Crippen molar-refractivity contribution >= 4 is 0 Å². The molecule has 0 amide bonds. The normalized spacial score (nSPS) is 26.6. The number of imidazole rings is 1. The van der Waals surface area contributed by atoms with E-state index in [1.165, 1.54) is 31.4 Å². The molecule has 3 nitrogen and oxygen atoms in total. The van der Waals surface area contributed by atoms with Crippen LogP contribution >= 0.6 is 0 Å². The van der Waals surface area contributed by atoms with Crippen LogP contribution in [0.1, 0.15) is 51.3 Å². The van der Waals surface area contributed by atoms with E-state index in [0.29, 0.717) is 11.5 Å². The molecule has 1 saturated carbocycles. The van der Waals surface area contributed by atoms with Gasteiger partial charge in [0.1, 0.15) is 0 Å². The van der Waals surface area contributed by atoms with Gasteiger partial charge in [-0.2, -0.15) is 0 Å². The van der Waals surface area contributed by atoms with Crippen molar-refractivity contribution in [2.24, 2.45) is 11.3 Å². The quantitative estimate of drug-likeness (QED) is 0.866. The van der Waals surface area contributed by atoms with E-state index in [1.807, 2.05) is 6.33 Å². The molecule has 0 bridgehead atoms. The highest BCUT2D eigenvalue weighted by atomic mass is 15.1. The van der Waals surface area contributed by atoms with Gasteiger partial charge in [-0.15, -0.1) is 0 Å². The number of hydrogen-bond acceptors (Lipinski definition) is 2. The van der Waals surface area contributed by atoms with Crippen LogP contribution < -0.4 is 5.32 Å². The number of nitrogens with zero attached hydrogens (tertiary/aromatic N) is 2. The number of rotatable bonds is 4. The summed E-state index contributed by atoms with van der Waals surface area (Å²) in [6.45, 7) is 7.04. The highest BCUT2D eigenvalue weighted by Gasteiger charge is 2.45. The average molecular weight is 233 g/mol. The van der Waals surface area contributed by atoms with Crippen molar-refractivity contribution in [2.45, 2.75) is 52.1 Å². The summed E-state index contributed by atoms with van der Waals surface area (Å²) in [6, 6.07) is 0.542. The summed E-state index contributed by atoms with van der Waals surface area (Å²) in [6.07, 6.45) is 9.42. The fraction of sp³-hybridized carbons (Fsp3) is 0.786. The molecule has 2 heterocycles. The Morgan fingerprint density at radius 2 is 2.35 bits per heavy atom. The maximum atomic E-state index is 4.36. The summed E-state index contributed by atoms with van der Waals surface area (Å²) >= 11 is 0. The molecule has 17 heavy (non-hydrogen) atoms. The number of nitrogens with one attached hydrogen (secondary N) is 1. The Hall–Kier alpha value is -0.830. The molecule has 94 valence electrons.